The van der Waals surface area contributed by atoms with E-state index in [4.69, 9.17) is 4.74 Å². The van der Waals surface area contributed by atoms with Gasteiger partial charge >= 0.3 is 0 Å². The topological polar surface area (TPSA) is 46.2 Å². The molecule has 2 rings (SSSR count). The third-order valence-corrected chi connectivity index (χ3v) is 2.81. The van der Waals surface area contributed by atoms with E-state index in [1.165, 1.54) is 12.8 Å². The van der Waals surface area contributed by atoms with Crippen LogP contribution in [0.5, 0.6) is 5.88 Å². The maximum absolute atomic E-state index is 5.16. The number of anilines is 1. The molecular formula is C12H19N3O. The molecule has 0 radical (unpaired) electrons. The molecule has 1 aromatic rings. The Morgan fingerprint density at radius 1 is 1.50 bits per heavy atom. The van der Waals surface area contributed by atoms with Crippen LogP contribution in [-0.2, 0) is 0 Å². The third-order valence-electron chi connectivity index (χ3n) is 2.81. The quantitative estimate of drug-likeness (QED) is 0.813. The second kappa shape index (κ2) is 5.16. The minimum atomic E-state index is 0.514. The fourth-order valence-electron chi connectivity index (χ4n) is 2.04. The molecular weight excluding hydrogens is 202 g/mol. The number of methoxy groups -OCH3 is 1. The van der Waals surface area contributed by atoms with Gasteiger partial charge in [0.05, 0.1) is 7.11 Å². The largest absolute Gasteiger partial charge is 0.481 e. The molecule has 0 aliphatic carbocycles. The maximum Gasteiger partial charge on any atom is 0.215 e. The minimum absolute atomic E-state index is 0.514. The molecule has 1 aliphatic heterocycles. The molecule has 16 heavy (non-hydrogen) atoms. The Bertz CT molecular complexity index is 348. The summed E-state index contributed by atoms with van der Waals surface area (Å²) >= 11 is 0. The van der Waals surface area contributed by atoms with Crippen LogP contribution in [0.4, 0.5) is 5.69 Å². The number of pyridine rings is 1. The Kier molecular flexibility index (Phi) is 3.62. The second-order valence-electron chi connectivity index (χ2n) is 4.23. The lowest BCUT2D eigenvalue weighted by Gasteiger charge is -2.25. The van der Waals surface area contributed by atoms with Crippen molar-refractivity contribution in [2.45, 2.75) is 25.8 Å². The predicted octanol–water partition coefficient (Wildman–Crippen LogP) is 1.56. The summed E-state index contributed by atoms with van der Waals surface area (Å²) in [5.41, 5.74) is 2.07. The summed E-state index contributed by atoms with van der Waals surface area (Å²) in [5.74, 6) is 0.672. The summed E-state index contributed by atoms with van der Waals surface area (Å²) < 4.78 is 5.16. The zero-order valence-electron chi connectivity index (χ0n) is 9.92. The first-order valence-electron chi connectivity index (χ1n) is 5.78. The molecule has 1 fully saturated rings. The van der Waals surface area contributed by atoms with Gasteiger partial charge in [0, 0.05) is 30.0 Å². The molecule has 1 saturated heterocycles. The lowest BCUT2D eigenvalue weighted by atomic mass is 10.1. The van der Waals surface area contributed by atoms with Crippen LogP contribution >= 0.6 is 0 Å². The van der Waals surface area contributed by atoms with Crippen LogP contribution in [0.15, 0.2) is 12.1 Å². The highest BCUT2D eigenvalue weighted by Crippen LogP contribution is 2.18. The van der Waals surface area contributed by atoms with Crippen LogP contribution in [-0.4, -0.2) is 31.2 Å². The van der Waals surface area contributed by atoms with Gasteiger partial charge in [-0.2, -0.15) is 0 Å². The molecule has 1 aromatic heterocycles. The summed E-state index contributed by atoms with van der Waals surface area (Å²) in [6, 6.07) is 4.51. The van der Waals surface area contributed by atoms with Gasteiger partial charge in [-0.3, -0.25) is 0 Å². The Morgan fingerprint density at radius 3 is 3.06 bits per heavy atom. The fourth-order valence-corrected chi connectivity index (χ4v) is 2.04. The van der Waals surface area contributed by atoms with Gasteiger partial charge in [-0.25, -0.2) is 4.98 Å². The van der Waals surface area contributed by atoms with Crippen molar-refractivity contribution in [3.8, 4) is 5.88 Å². The Hall–Kier alpha value is -1.29. The van der Waals surface area contributed by atoms with Crippen LogP contribution in [0.3, 0.4) is 0 Å². The van der Waals surface area contributed by atoms with E-state index in [9.17, 15) is 0 Å². The maximum atomic E-state index is 5.16. The van der Waals surface area contributed by atoms with E-state index in [0.717, 1.165) is 24.5 Å². The molecule has 88 valence electrons. The van der Waals surface area contributed by atoms with Crippen molar-refractivity contribution in [1.29, 1.82) is 0 Å². The number of aromatic nitrogens is 1. The molecule has 0 spiro atoms. The van der Waals surface area contributed by atoms with Gasteiger partial charge in [0.15, 0.2) is 0 Å². The standard InChI is InChI=1S/C12H19N3O/c1-9-6-11(7-12(14-9)16-2)15-10-4-3-5-13-8-10/h6-7,10,13H,3-5,8H2,1-2H3,(H,14,15)/t10-/m0/s1. The van der Waals surface area contributed by atoms with E-state index < -0.39 is 0 Å². The van der Waals surface area contributed by atoms with E-state index in [1.807, 2.05) is 13.0 Å². The number of piperidine rings is 1. The minimum Gasteiger partial charge on any atom is -0.481 e. The zero-order valence-corrected chi connectivity index (χ0v) is 9.92. The van der Waals surface area contributed by atoms with Crippen molar-refractivity contribution in [1.82, 2.24) is 10.3 Å². The van der Waals surface area contributed by atoms with Gasteiger partial charge in [0.1, 0.15) is 0 Å². The Balaban J connectivity index is 2.04. The third kappa shape index (κ3) is 2.85. The number of nitrogens with one attached hydrogen (secondary N) is 2. The summed E-state index contributed by atoms with van der Waals surface area (Å²) in [6.45, 7) is 4.15. The van der Waals surface area contributed by atoms with Gasteiger partial charge < -0.3 is 15.4 Å². The van der Waals surface area contributed by atoms with Crippen molar-refractivity contribution < 1.29 is 4.74 Å². The van der Waals surface area contributed by atoms with E-state index in [1.54, 1.807) is 7.11 Å². The predicted molar refractivity (Wildman–Crippen MR) is 65.0 cm³/mol. The fraction of sp³-hybridized carbons (Fsp3) is 0.583. The summed E-state index contributed by atoms with van der Waals surface area (Å²) in [7, 11) is 1.65. The van der Waals surface area contributed by atoms with Crippen molar-refractivity contribution in [3.63, 3.8) is 0 Å². The number of ether oxygens (including phenoxy) is 1. The van der Waals surface area contributed by atoms with E-state index in [-0.39, 0.29) is 0 Å². The summed E-state index contributed by atoms with van der Waals surface area (Å²) in [6.07, 6.45) is 2.45. The van der Waals surface area contributed by atoms with E-state index in [2.05, 4.69) is 21.7 Å². The summed E-state index contributed by atoms with van der Waals surface area (Å²) in [4.78, 5) is 4.27. The van der Waals surface area contributed by atoms with E-state index >= 15 is 0 Å². The first-order chi connectivity index (χ1) is 7.78. The van der Waals surface area contributed by atoms with Gasteiger partial charge in [0.25, 0.3) is 0 Å². The second-order valence-corrected chi connectivity index (χ2v) is 4.23. The van der Waals surface area contributed by atoms with Gasteiger partial charge in [0.2, 0.25) is 5.88 Å². The van der Waals surface area contributed by atoms with Crippen LogP contribution in [0.1, 0.15) is 18.5 Å². The number of aryl methyl sites for hydroxylation is 1. The molecule has 4 nitrogen and oxygen atoms in total. The van der Waals surface area contributed by atoms with Crippen molar-refractivity contribution in [2.75, 3.05) is 25.5 Å². The average molecular weight is 221 g/mol. The summed E-state index contributed by atoms with van der Waals surface area (Å²) in [5, 5.41) is 6.90. The SMILES string of the molecule is COc1cc(N[C@H]2CCCNC2)cc(C)n1. The van der Waals surface area contributed by atoms with Crippen molar-refractivity contribution in [3.05, 3.63) is 17.8 Å². The highest BCUT2D eigenvalue weighted by molar-refractivity contribution is 5.48. The monoisotopic (exact) mass is 221 g/mol. The number of hydrogen-bond donors (Lipinski definition) is 2. The lowest BCUT2D eigenvalue weighted by molar-refractivity contribution is 0.397. The van der Waals surface area contributed by atoms with Crippen molar-refractivity contribution >= 4 is 5.69 Å². The molecule has 0 bridgehead atoms. The van der Waals surface area contributed by atoms with Gasteiger partial charge in [-0.1, -0.05) is 0 Å². The van der Waals surface area contributed by atoms with Gasteiger partial charge in [-0.05, 0) is 32.4 Å². The Labute approximate surface area is 96.4 Å². The average Bonchev–Trinajstić information content (AvgIpc) is 2.29. The molecule has 0 unspecified atom stereocenters. The molecule has 4 heteroatoms. The highest BCUT2D eigenvalue weighted by atomic mass is 16.5. The Morgan fingerprint density at radius 2 is 2.38 bits per heavy atom. The molecule has 2 N–H and O–H groups in total. The molecule has 2 heterocycles. The number of nitrogens with zero attached hydrogens (tertiary/aromatic N) is 1. The smallest absolute Gasteiger partial charge is 0.215 e. The zero-order chi connectivity index (χ0) is 11.4. The van der Waals surface area contributed by atoms with Crippen LogP contribution < -0.4 is 15.4 Å². The molecule has 0 aromatic carbocycles. The normalized spacial score (nSPS) is 20.5. The van der Waals surface area contributed by atoms with E-state index in [0.29, 0.717) is 11.9 Å². The van der Waals surface area contributed by atoms with Crippen LogP contribution in [0.2, 0.25) is 0 Å². The van der Waals surface area contributed by atoms with Crippen LogP contribution in [0, 0.1) is 6.92 Å². The van der Waals surface area contributed by atoms with Crippen molar-refractivity contribution in [2.24, 2.45) is 0 Å². The molecule has 1 aliphatic rings. The first-order valence-corrected chi connectivity index (χ1v) is 5.78. The molecule has 0 saturated carbocycles. The molecule has 1 atom stereocenters. The number of hydrogen-bond acceptors (Lipinski definition) is 4. The van der Waals surface area contributed by atoms with Gasteiger partial charge in [-0.15, -0.1) is 0 Å². The highest BCUT2D eigenvalue weighted by Gasteiger charge is 2.12. The first kappa shape index (κ1) is 11.2. The molecule has 0 amide bonds. The lowest BCUT2D eigenvalue weighted by Crippen LogP contribution is -2.38. The number of rotatable bonds is 3. The van der Waals surface area contributed by atoms with Crippen LogP contribution in [0.25, 0.3) is 0 Å².